The fourth-order valence-corrected chi connectivity index (χ4v) is 3.47. The van der Waals surface area contributed by atoms with Crippen LogP contribution in [-0.4, -0.2) is 26.0 Å². The molecule has 120 valence electrons. The summed E-state index contributed by atoms with van der Waals surface area (Å²) in [4.78, 5) is 0. The van der Waals surface area contributed by atoms with Crippen LogP contribution in [0.2, 0.25) is 0 Å². The lowest BCUT2D eigenvalue weighted by atomic mass is 9.88. The van der Waals surface area contributed by atoms with Crippen LogP contribution in [0, 0.1) is 5.41 Å². The number of nitrogens with one attached hydrogen (secondary N) is 1. The molecule has 0 heterocycles. The third-order valence-electron chi connectivity index (χ3n) is 3.90. The maximum absolute atomic E-state index is 12.8. The fourth-order valence-electron chi connectivity index (χ4n) is 1.97. The van der Waals surface area contributed by atoms with Crippen molar-refractivity contribution >= 4 is 7.60 Å². The van der Waals surface area contributed by atoms with Gasteiger partial charge in [0.05, 0.1) is 0 Å². The first-order valence-corrected chi connectivity index (χ1v) is 8.85. The van der Waals surface area contributed by atoms with E-state index in [1.807, 2.05) is 30.3 Å². The van der Waals surface area contributed by atoms with Crippen LogP contribution in [0.1, 0.15) is 33.3 Å². The Morgan fingerprint density at radius 2 is 1.67 bits per heavy atom. The fraction of sp³-hybridized carbons (Fsp3) is 0.625. The van der Waals surface area contributed by atoms with E-state index in [0.717, 1.165) is 5.56 Å². The summed E-state index contributed by atoms with van der Waals surface area (Å²) in [6.45, 7) is 8.53. The Hall–Kier alpha value is -0.670. The second-order valence-electron chi connectivity index (χ2n) is 6.36. The van der Waals surface area contributed by atoms with Gasteiger partial charge in [0.2, 0.25) is 0 Å². The Balaban J connectivity index is 2.98. The third-order valence-corrected chi connectivity index (χ3v) is 6.02. The van der Waals surface area contributed by atoms with Crippen molar-refractivity contribution in [3.63, 3.8) is 0 Å². The topological polar surface area (TPSA) is 47.6 Å². The number of hydrogen-bond donors (Lipinski definition) is 1. The van der Waals surface area contributed by atoms with Gasteiger partial charge in [0.25, 0.3) is 0 Å². The molecule has 0 aliphatic rings. The van der Waals surface area contributed by atoms with Gasteiger partial charge in [-0.15, -0.1) is 0 Å². The van der Waals surface area contributed by atoms with Gasteiger partial charge in [0.1, 0.15) is 5.78 Å². The molecule has 21 heavy (non-hydrogen) atoms. The predicted octanol–water partition coefficient (Wildman–Crippen LogP) is 4.07. The molecule has 0 aromatic heterocycles. The average molecular weight is 313 g/mol. The zero-order valence-corrected chi connectivity index (χ0v) is 14.8. The SMILES string of the molecule is COP(=O)(OC)[C@@H](Cc1ccccc1)N[C@@H](C)C(C)(C)C. The minimum Gasteiger partial charge on any atom is -0.311 e. The molecule has 1 rings (SSSR count). The summed E-state index contributed by atoms with van der Waals surface area (Å²) in [7, 11) is -0.319. The van der Waals surface area contributed by atoms with Crippen molar-refractivity contribution in [1.82, 2.24) is 5.32 Å². The zero-order valence-electron chi connectivity index (χ0n) is 13.9. The molecule has 1 N–H and O–H groups in total. The van der Waals surface area contributed by atoms with E-state index in [9.17, 15) is 4.57 Å². The van der Waals surface area contributed by atoms with Crippen LogP contribution >= 0.6 is 7.60 Å². The van der Waals surface area contributed by atoms with Crippen LogP contribution < -0.4 is 5.32 Å². The van der Waals surface area contributed by atoms with Crippen LogP contribution in [0.4, 0.5) is 0 Å². The summed E-state index contributed by atoms with van der Waals surface area (Å²) in [5, 5.41) is 3.43. The van der Waals surface area contributed by atoms with Crippen molar-refractivity contribution in [2.45, 2.75) is 45.9 Å². The van der Waals surface area contributed by atoms with Crippen LogP contribution in [0.25, 0.3) is 0 Å². The highest BCUT2D eigenvalue weighted by molar-refractivity contribution is 7.54. The van der Waals surface area contributed by atoms with Gasteiger partial charge < -0.3 is 14.4 Å². The molecule has 4 nitrogen and oxygen atoms in total. The summed E-state index contributed by atoms with van der Waals surface area (Å²) in [6, 6.07) is 10.1. The Labute approximate surface area is 128 Å². The minimum atomic E-state index is -3.19. The summed E-state index contributed by atoms with van der Waals surface area (Å²) < 4.78 is 23.2. The average Bonchev–Trinajstić information content (AvgIpc) is 2.45. The minimum absolute atomic E-state index is 0.0568. The van der Waals surface area contributed by atoms with E-state index in [4.69, 9.17) is 9.05 Å². The molecule has 0 saturated carbocycles. The monoisotopic (exact) mass is 313 g/mol. The van der Waals surface area contributed by atoms with Gasteiger partial charge in [-0.2, -0.15) is 0 Å². The van der Waals surface area contributed by atoms with Crippen LogP contribution in [0.15, 0.2) is 30.3 Å². The lowest BCUT2D eigenvalue weighted by molar-refractivity contribution is 0.232. The number of rotatable bonds is 7. The Bertz CT molecular complexity index is 462. The van der Waals surface area contributed by atoms with Gasteiger partial charge >= 0.3 is 7.60 Å². The van der Waals surface area contributed by atoms with Crippen LogP contribution in [0.5, 0.6) is 0 Å². The van der Waals surface area contributed by atoms with Gasteiger partial charge in [0, 0.05) is 20.3 Å². The quantitative estimate of drug-likeness (QED) is 0.771. The van der Waals surface area contributed by atoms with E-state index in [0.29, 0.717) is 6.42 Å². The molecule has 0 unspecified atom stereocenters. The largest absolute Gasteiger partial charge is 0.347 e. The summed E-state index contributed by atoms with van der Waals surface area (Å²) in [6.07, 6.45) is 0.597. The van der Waals surface area contributed by atoms with E-state index in [1.165, 1.54) is 14.2 Å². The van der Waals surface area contributed by atoms with Crippen LogP contribution in [-0.2, 0) is 20.0 Å². The Morgan fingerprint density at radius 3 is 2.10 bits per heavy atom. The van der Waals surface area contributed by atoms with E-state index in [-0.39, 0.29) is 17.2 Å². The second-order valence-corrected chi connectivity index (χ2v) is 8.80. The molecule has 0 aliphatic carbocycles. The van der Waals surface area contributed by atoms with Gasteiger partial charge in [-0.25, -0.2) is 0 Å². The van der Waals surface area contributed by atoms with Crippen LogP contribution in [0.3, 0.4) is 0 Å². The first kappa shape index (κ1) is 18.4. The maximum atomic E-state index is 12.8. The van der Waals surface area contributed by atoms with E-state index in [2.05, 4.69) is 33.0 Å². The smallest absolute Gasteiger partial charge is 0.311 e. The van der Waals surface area contributed by atoms with Gasteiger partial charge in [0.15, 0.2) is 0 Å². The molecule has 1 aromatic carbocycles. The lowest BCUT2D eigenvalue weighted by Crippen LogP contribution is -2.45. The third kappa shape index (κ3) is 5.23. The molecular formula is C16H28NO3P. The van der Waals surface area contributed by atoms with Crippen molar-refractivity contribution < 1.29 is 13.6 Å². The van der Waals surface area contributed by atoms with E-state index in [1.54, 1.807) is 0 Å². The van der Waals surface area contributed by atoms with E-state index >= 15 is 0 Å². The maximum Gasteiger partial charge on any atom is 0.347 e. The molecule has 0 fully saturated rings. The molecule has 5 heteroatoms. The normalized spacial score (nSPS) is 15.7. The number of benzene rings is 1. The predicted molar refractivity (Wildman–Crippen MR) is 87.6 cm³/mol. The molecule has 0 aliphatic heterocycles. The van der Waals surface area contributed by atoms with Crippen molar-refractivity contribution in [1.29, 1.82) is 0 Å². The standard InChI is InChI=1S/C16H28NO3P/c1-13(16(2,3)4)17-15(21(18,19-5)20-6)12-14-10-8-7-9-11-14/h7-11,13,15,17H,12H2,1-6H3/t13-,15-/m0/s1. The molecule has 2 atom stereocenters. The first-order chi connectivity index (χ1) is 9.73. The number of hydrogen-bond acceptors (Lipinski definition) is 4. The van der Waals surface area contributed by atoms with Crippen molar-refractivity contribution in [2.75, 3.05) is 14.2 Å². The van der Waals surface area contributed by atoms with Gasteiger partial charge in [-0.05, 0) is 24.3 Å². The highest BCUT2D eigenvalue weighted by Gasteiger charge is 2.36. The Morgan fingerprint density at radius 1 is 1.14 bits per heavy atom. The first-order valence-electron chi connectivity index (χ1n) is 7.24. The summed E-state index contributed by atoms with van der Waals surface area (Å²) in [5.74, 6) is -0.371. The molecule has 0 spiro atoms. The highest BCUT2D eigenvalue weighted by atomic mass is 31.2. The second kappa shape index (κ2) is 7.55. The summed E-state index contributed by atoms with van der Waals surface area (Å²) in [5.41, 5.74) is 1.16. The van der Waals surface area contributed by atoms with Gasteiger partial charge in [-0.1, -0.05) is 51.1 Å². The van der Waals surface area contributed by atoms with Gasteiger partial charge in [-0.3, -0.25) is 4.57 Å². The molecule has 0 radical (unpaired) electrons. The Kier molecular flexibility index (Phi) is 6.61. The highest BCUT2D eigenvalue weighted by Crippen LogP contribution is 2.52. The van der Waals surface area contributed by atoms with Crippen molar-refractivity contribution in [2.24, 2.45) is 5.41 Å². The zero-order chi connectivity index (χ0) is 16.1. The summed E-state index contributed by atoms with van der Waals surface area (Å²) >= 11 is 0. The lowest BCUT2D eigenvalue weighted by Gasteiger charge is -2.34. The molecule has 0 saturated heterocycles. The molecule has 0 bridgehead atoms. The van der Waals surface area contributed by atoms with E-state index < -0.39 is 7.60 Å². The molecule has 1 aromatic rings. The van der Waals surface area contributed by atoms with Crippen molar-refractivity contribution in [3.8, 4) is 0 Å². The van der Waals surface area contributed by atoms with Crippen molar-refractivity contribution in [3.05, 3.63) is 35.9 Å². The molecule has 0 amide bonds. The molecular weight excluding hydrogens is 285 g/mol.